The minimum Gasteiger partial charge on any atom is -0.344 e. The van der Waals surface area contributed by atoms with E-state index in [-0.39, 0.29) is 17.6 Å². The van der Waals surface area contributed by atoms with Crippen LogP contribution >= 0.6 is 11.6 Å². The molecular formula is C26H28ClF3N4O. The molecule has 186 valence electrons. The van der Waals surface area contributed by atoms with E-state index in [1.807, 2.05) is 49.0 Å². The van der Waals surface area contributed by atoms with Crippen molar-refractivity contribution < 1.29 is 18.0 Å². The molecule has 0 spiro atoms. The van der Waals surface area contributed by atoms with Crippen LogP contribution in [0.2, 0.25) is 5.02 Å². The molecule has 2 aromatic carbocycles. The molecule has 1 unspecified atom stereocenters. The van der Waals surface area contributed by atoms with Crippen molar-refractivity contribution in [3.63, 3.8) is 0 Å². The van der Waals surface area contributed by atoms with Gasteiger partial charge in [0, 0.05) is 23.8 Å². The van der Waals surface area contributed by atoms with Crippen molar-refractivity contribution in [3.8, 4) is 11.1 Å². The maximum atomic E-state index is 13.3. The molecule has 1 saturated heterocycles. The van der Waals surface area contributed by atoms with Crippen LogP contribution in [0.1, 0.15) is 66.7 Å². The van der Waals surface area contributed by atoms with Crippen molar-refractivity contribution in [2.24, 2.45) is 0 Å². The first kappa shape index (κ1) is 25.3. The molecule has 4 rings (SSSR count). The second-order valence-electron chi connectivity index (χ2n) is 9.10. The average molecular weight is 505 g/mol. The molecule has 1 amide bonds. The number of hydrogen-bond donors (Lipinski definition) is 2. The van der Waals surface area contributed by atoms with Gasteiger partial charge >= 0.3 is 6.18 Å². The second kappa shape index (κ2) is 10.4. The summed E-state index contributed by atoms with van der Waals surface area (Å²) in [5.74, 6) is -0.642. The Labute approximate surface area is 207 Å². The third-order valence-electron chi connectivity index (χ3n) is 6.30. The smallest absolute Gasteiger partial charge is 0.344 e. The van der Waals surface area contributed by atoms with Crippen LogP contribution in [0.15, 0.2) is 54.9 Å². The number of hydrogen-bond acceptors (Lipinski definition) is 3. The summed E-state index contributed by atoms with van der Waals surface area (Å²) in [5, 5.41) is 10.2. The molecule has 0 bridgehead atoms. The Hall–Kier alpha value is -2.84. The van der Waals surface area contributed by atoms with Gasteiger partial charge in [0.05, 0.1) is 28.4 Å². The van der Waals surface area contributed by atoms with Crippen molar-refractivity contribution in [1.82, 2.24) is 20.4 Å². The number of carbonyl (C=O) groups excluding carboxylic acids is 1. The summed E-state index contributed by atoms with van der Waals surface area (Å²) in [4.78, 5) is 13.2. The number of nitrogens with one attached hydrogen (secondary N) is 2. The number of halogens is 4. The van der Waals surface area contributed by atoms with Gasteiger partial charge in [0.15, 0.2) is 0 Å². The fourth-order valence-electron chi connectivity index (χ4n) is 4.41. The summed E-state index contributed by atoms with van der Waals surface area (Å²) in [6.45, 7) is 4.90. The molecule has 0 saturated carbocycles. The lowest BCUT2D eigenvalue weighted by Gasteiger charge is -2.32. The highest BCUT2D eigenvalue weighted by atomic mass is 35.5. The number of benzene rings is 2. The Morgan fingerprint density at radius 2 is 1.94 bits per heavy atom. The van der Waals surface area contributed by atoms with Gasteiger partial charge in [-0.1, -0.05) is 42.3 Å². The minimum absolute atomic E-state index is 0.0640. The maximum absolute atomic E-state index is 13.3. The first-order valence-corrected chi connectivity index (χ1v) is 12.1. The van der Waals surface area contributed by atoms with Gasteiger partial charge in [-0.25, -0.2) is 0 Å². The van der Waals surface area contributed by atoms with Crippen LogP contribution in [-0.2, 0) is 6.18 Å². The monoisotopic (exact) mass is 504 g/mol. The van der Waals surface area contributed by atoms with Crippen molar-refractivity contribution in [3.05, 3.63) is 76.6 Å². The zero-order valence-electron chi connectivity index (χ0n) is 19.6. The summed E-state index contributed by atoms with van der Waals surface area (Å²) in [7, 11) is 0. The minimum atomic E-state index is -4.65. The van der Waals surface area contributed by atoms with Gasteiger partial charge in [0.2, 0.25) is 0 Å². The summed E-state index contributed by atoms with van der Waals surface area (Å²) in [6.07, 6.45) is 1.98. The molecule has 3 aromatic rings. The lowest BCUT2D eigenvalue weighted by atomic mass is 9.90. The number of piperidine rings is 1. The Kier molecular flexibility index (Phi) is 7.52. The number of rotatable bonds is 6. The molecule has 1 aliphatic heterocycles. The molecule has 1 aromatic heterocycles. The summed E-state index contributed by atoms with van der Waals surface area (Å²) >= 11 is 6.03. The van der Waals surface area contributed by atoms with E-state index in [1.165, 1.54) is 12.1 Å². The maximum Gasteiger partial charge on any atom is 0.417 e. The van der Waals surface area contributed by atoms with E-state index in [4.69, 9.17) is 11.6 Å². The van der Waals surface area contributed by atoms with Crippen LogP contribution in [0.5, 0.6) is 0 Å². The topological polar surface area (TPSA) is 59.0 Å². The van der Waals surface area contributed by atoms with Crippen LogP contribution in [0.25, 0.3) is 11.1 Å². The lowest BCUT2D eigenvalue weighted by Crippen LogP contribution is -2.46. The normalized spacial score (nSPS) is 17.4. The van der Waals surface area contributed by atoms with Crippen molar-refractivity contribution >= 4 is 17.5 Å². The SMILES string of the molecule is CC(C)n1cc(-c2cccc(C(NC(=O)c3cccc(C(F)(F)F)c3Cl)[C@@H]3CCCCN3)c2)cn1. The first-order valence-electron chi connectivity index (χ1n) is 11.7. The van der Waals surface area contributed by atoms with Crippen LogP contribution in [0.4, 0.5) is 13.2 Å². The summed E-state index contributed by atoms with van der Waals surface area (Å²) in [5.41, 5.74) is 1.53. The van der Waals surface area contributed by atoms with Crippen molar-refractivity contribution in [1.29, 1.82) is 0 Å². The first-order chi connectivity index (χ1) is 16.6. The van der Waals surface area contributed by atoms with Gasteiger partial charge in [-0.15, -0.1) is 0 Å². The third kappa shape index (κ3) is 5.70. The van der Waals surface area contributed by atoms with E-state index >= 15 is 0 Å². The van der Waals surface area contributed by atoms with Crippen LogP contribution in [0.3, 0.4) is 0 Å². The highest BCUT2D eigenvalue weighted by Gasteiger charge is 2.35. The van der Waals surface area contributed by atoms with Crippen molar-refractivity contribution in [2.75, 3.05) is 6.54 Å². The van der Waals surface area contributed by atoms with Crippen LogP contribution in [0, 0.1) is 0 Å². The molecular weight excluding hydrogens is 477 g/mol. The second-order valence-corrected chi connectivity index (χ2v) is 9.48. The largest absolute Gasteiger partial charge is 0.417 e. The predicted molar refractivity (Wildman–Crippen MR) is 130 cm³/mol. The highest BCUT2D eigenvalue weighted by Crippen LogP contribution is 2.36. The predicted octanol–water partition coefficient (Wildman–Crippen LogP) is 6.42. The average Bonchev–Trinajstić information content (AvgIpc) is 3.33. The van der Waals surface area contributed by atoms with Gasteiger partial charge < -0.3 is 10.6 Å². The third-order valence-corrected chi connectivity index (χ3v) is 6.70. The zero-order valence-corrected chi connectivity index (χ0v) is 20.3. The fourth-order valence-corrected chi connectivity index (χ4v) is 4.72. The van der Waals surface area contributed by atoms with Gasteiger partial charge in [-0.3, -0.25) is 9.48 Å². The molecule has 35 heavy (non-hydrogen) atoms. The number of alkyl halides is 3. The van der Waals surface area contributed by atoms with E-state index in [0.29, 0.717) is 0 Å². The molecule has 0 aliphatic carbocycles. The molecule has 9 heteroatoms. The van der Waals surface area contributed by atoms with Gasteiger partial charge in [0.1, 0.15) is 0 Å². The van der Waals surface area contributed by atoms with E-state index in [2.05, 4.69) is 15.7 Å². The Morgan fingerprint density at radius 1 is 1.17 bits per heavy atom. The molecule has 2 N–H and O–H groups in total. The quantitative estimate of drug-likeness (QED) is 0.407. The van der Waals surface area contributed by atoms with E-state index in [0.717, 1.165) is 48.6 Å². The molecule has 5 nitrogen and oxygen atoms in total. The van der Waals surface area contributed by atoms with E-state index in [9.17, 15) is 18.0 Å². The van der Waals surface area contributed by atoms with E-state index < -0.39 is 28.7 Å². The Balaban J connectivity index is 1.67. The van der Waals surface area contributed by atoms with Crippen molar-refractivity contribution in [2.45, 2.75) is 57.4 Å². The summed E-state index contributed by atoms with van der Waals surface area (Å²) < 4.78 is 41.9. The fraction of sp³-hybridized carbons (Fsp3) is 0.385. The number of amides is 1. The van der Waals surface area contributed by atoms with Gasteiger partial charge in [0.25, 0.3) is 5.91 Å². The Morgan fingerprint density at radius 3 is 2.60 bits per heavy atom. The van der Waals surface area contributed by atoms with Crippen LogP contribution < -0.4 is 10.6 Å². The highest BCUT2D eigenvalue weighted by molar-refractivity contribution is 6.34. The molecule has 1 fully saturated rings. The standard InChI is InChI=1S/C26H28ClF3N4O/c1-16(2)34-15-19(14-32-34)17-7-5-8-18(13-17)24(22-11-3-4-12-31-22)33-25(35)20-9-6-10-21(23(20)27)26(28,29)30/h5-10,13-16,22,24,31H,3-4,11-12H2,1-2H3,(H,33,35)/t22-,24?/m0/s1. The Bertz CT molecular complexity index is 1190. The number of carbonyl (C=O) groups is 1. The lowest BCUT2D eigenvalue weighted by molar-refractivity contribution is -0.137. The molecule has 1 aliphatic rings. The summed E-state index contributed by atoms with van der Waals surface area (Å²) in [6, 6.07) is 10.9. The number of aromatic nitrogens is 2. The van der Waals surface area contributed by atoms with E-state index in [1.54, 1.807) is 6.20 Å². The van der Waals surface area contributed by atoms with Gasteiger partial charge in [-0.05, 0) is 62.6 Å². The molecule has 2 heterocycles. The zero-order chi connectivity index (χ0) is 25.2. The number of nitrogens with zero attached hydrogens (tertiary/aromatic N) is 2. The van der Waals surface area contributed by atoms with Gasteiger partial charge in [-0.2, -0.15) is 18.3 Å². The molecule has 0 radical (unpaired) electrons. The van der Waals surface area contributed by atoms with Crippen LogP contribution in [-0.4, -0.2) is 28.3 Å². The molecule has 2 atom stereocenters.